The van der Waals surface area contributed by atoms with Gasteiger partial charge in [0.2, 0.25) is 0 Å². The van der Waals surface area contributed by atoms with Gasteiger partial charge in [-0.3, -0.25) is 4.79 Å². The number of hydrogen-bond donors (Lipinski definition) is 1. The Hall–Kier alpha value is -1.37. The third-order valence-electron chi connectivity index (χ3n) is 4.68. The van der Waals surface area contributed by atoms with Crippen LogP contribution in [0.15, 0.2) is 24.3 Å². The van der Waals surface area contributed by atoms with Crippen LogP contribution >= 0.6 is 23.1 Å². The van der Waals surface area contributed by atoms with Crippen molar-refractivity contribution < 1.29 is 4.79 Å². The molecule has 1 fully saturated rings. The Kier molecular flexibility index (Phi) is 6.61. The molecule has 146 valence electrons. The molecule has 1 aliphatic heterocycles. The standard InChI is InChI=1S/C21H29N3OS2/c1-15-18(27-20(22-15)21(2,3)4)19(25)23-17-7-5-16(6-8-17)9-10-24-11-13-26-14-12-24/h5-8H,9-14H2,1-4H3,(H,23,25). The maximum absolute atomic E-state index is 12.6. The van der Waals surface area contributed by atoms with Gasteiger partial charge in [-0.2, -0.15) is 11.8 Å². The molecule has 1 N–H and O–H groups in total. The van der Waals surface area contributed by atoms with Crippen LogP contribution in [-0.2, 0) is 11.8 Å². The highest BCUT2D eigenvalue weighted by Crippen LogP contribution is 2.29. The van der Waals surface area contributed by atoms with E-state index in [9.17, 15) is 4.79 Å². The number of amides is 1. The molecule has 0 saturated carbocycles. The number of anilines is 1. The molecule has 2 aromatic rings. The number of carbonyl (C=O) groups excluding carboxylic acids is 1. The van der Waals surface area contributed by atoms with Crippen LogP contribution in [0.1, 0.15) is 46.7 Å². The van der Waals surface area contributed by atoms with Gasteiger partial charge in [0.15, 0.2) is 0 Å². The van der Waals surface area contributed by atoms with Crippen LogP contribution in [-0.4, -0.2) is 46.9 Å². The number of nitrogens with one attached hydrogen (secondary N) is 1. The second-order valence-electron chi connectivity index (χ2n) is 8.04. The molecule has 0 radical (unpaired) electrons. The van der Waals surface area contributed by atoms with Gasteiger partial charge in [0.05, 0.1) is 10.7 Å². The normalized spacial score (nSPS) is 15.7. The molecule has 6 heteroatoms. The van der Waals surface area contributed by atoms with Crippen molar-refractivity contribution in [1.29, 1.82) is 0 Å². The molecule has 1 aliphatic rings. The monoisotopic (exact) mass is 403 g/mol. The van der Waals surface area contributed by atoms with E-state index in [1.54, 1.807) is 0 Å². The largest absolute Gasteiger partial charge is 0.321 e. The van der Waals surface area contributed by atoms with Crippen LogP contribution in [0, 0.1) is 6.92 Å². The minimum atomic E-state index is -0.0703. The Morgan fingerprint density at radius 3 is 2.44 bits per heavy atom. The Morgan fingerprint density at radius 1 is 1.19 bits per heavy atom. The van der Waals surface area contributed by atoms with E-state index in [4.69, 9.17) is 0 Å². The summed E-state index contributed by atoms with van der Waals surface area (Å²) < 4.78 is 0. The van der Waals surface area contributed by atoms with Crippen molar-refractivity contribution in [2.45, 2.75) is 39.5 Å². The molecule has 0 aliphatic carbocycles. The molecule has 0 spiro atoms. The van der Waals surface area contributed by atoms with Crippen molar-refractivity contribution in [2.24, 2.45) is 0 Å². The zero-order chi connectivity index (χ0) is 19.4. The summed E-state index contributed by atoms with van der Waals surface area (Å²) in [6.45, 7) is 11.8. The zero-order valence-electron chi connectivity index (χ0n) is 16.7. The van der Waals surface area contributed by atoms with Gasteiger partial charge >= 0.3 is 0 Å². The summed E-state index contributed by atoms with van der Waals surface area (Å²) in [4.78, 5) is 20.5. The van der Waals surface area contributed by atoms with E-state index in [0.717, 1.165) is 29.4 Å². The van der Waals surface area contributed by atoms with Crippen LogP contribution < -0.4 is 5.32 Å². The number of nitrogens with zero attached hydrogens (tertiary/aromatic N) is 2. The number of aryl methyl sites for hydroxylation is 1. The minimum absolute atomic E-state index is 0.0390. The molecule has 4 nitrogen and oxygen atoms in total. The second kappa shape index (κ2) is 8.76. The molecule has 1 aromatic carbocycles. The van der Waals surface area contributed by atoms with Gasteiger partial charge in [0, 0.05) is 42.2 Å². The minimum Gasteiger partial charge on any atom is -0.321 e. The number of thioether (sulfide) groups is 1. The van der Waals surface area contributed by atoms with E-state index in [2.05, 4.69) is 48.1 Å². The highest BCUT2D eigenvalue weighted by atomic mass is 32.2. The predicted molar refractivity (Wildman–Crippen MR) is 117 cm³/mol. The first kappa shape index (κ1) is 20.4. The van der Waals surface area contributed by atoms with E-state index in [1.165, 1.54) is 41.5 Å². The van der Waals surface area contributed by atoms with Crippen molar-refractivity contribution in [3.63, 3.8) is 0 Å². The summed E-state index contributed by atoms with van der Waals surface area (Å²) in [5.41, 5.74) is 2.92. The number of aromatic nitrogens is 1. The SMILES string of the molecule is Cc1nc(C(C)(C)C)sc1C(=O)Nc1ccc(CCN2CCSCC2)cc1. The lowest BCUT2D eigenvalue weighted by Gasteiger charge is -2.26. The lowest BCUT2D eigenvalue weighted by molar-refractivity contribution is 0.103. The smallest absolute Gasteiger partial charge is 0.267 e. The van der Waals surface area contributed by atoms with Crippen LogP contribution in [0.5, 0.6) is 0 Å². The Labute approximate surface area is 170 Å². The third-order valence-corrected chi connectivity index (χ3v) is 7.20. The highest BCUT2D eigenvalue weighted by molar-refractivity contribution is 7.99. The summed E-state index contributed by atoms with van der Waals surface area (Å²) in [6, 6.07) is 8.24. The number of thiazole rings is 1. The number of benzene rings is 1. The van der Waals surface area contributed by atoms with Gasteiger partial charge in [0.1, 0.15) is 4.88 Å². The molecule has 0 unspecified atom stereocenters. The Morgan fingerprint density at radius 2 is 1.85 bits per heavy atom. The fourth-order valence-corrected chi connectivity index (χ4v) is 4.98. The molecular weight excluding hydrogens is 374 g/mol. The molecule has 27 heavy (non-hydrogen) atoms. The Balaban J connectivity index is 1.57. The van der Waals surface area contributed by atoms with Crippen molar-refractivity contribution >= 4 is 34.7 Å². The third kappa shape index (κ3) is 5.56. The van der Waals surface area contributed by atoms with Crippen molar-refractivity contribution in [1.82, 2.24) is 9.88 Å². The van der Waals surface area contributed by atoms with Gasteiger partial charge in [-0.1, -0.05) is 32.9 Å². The van der Waals surface area contributed by atoms with Crippen LogP contribution in [0.3, 0.4) is 0 Å². The first-order valence-corrected chi connectivity index (χ1v) is 11.5. The van der Waals surface area contributed by atoms with Gasteiger partial charge in [0.25, 0.3) is 5.91 Å². The van der Waals surface area contributed by atoms with E-state index < -0.39 is 0 Å². The molecular formula is C21H29N3OS2. The molecule has 1 saturated heterocycles. The predicted octanol–water partition coefficient (Wildman–Crippen LogP) is 4.59. The fraction of sp³-hybridized carbons (Fsp3) is 0.524. The molecule has 1 amide bonds. The molecule has 1 aromatic heterocycles. The van der Waals surface area contributed by atoms with E-state index in [0.29, 0.717) is 4.88 Å². The quantitative estimate of drug-likeness (QED) is 0.793. The lowest BCUT2D eigenvalue weighted by Crippen LogP contribution is -2.34. The van der Waals surface area contributed by atoms with Gasteiger partial charge in [-0.05, 0) is 31.0 Å². The maximum atomic E-state index is 12.6. The summed E-state index contributed by atoms with van der Waals surface area (Å²) >= 11 is 3.53. The fourth-order valence-electron chi connectivity index (χ4n) is 2.98. The van der Waals surface area contributed by atoms with Crippen LogP contribution in [0.4, 0.5) is 5.69 Å². The average molecular weight is 404 g/mol. The molecule has 3 rings (SSSR count). The van der Waals surface area contributed by atoms with Crippen molar-refractivity contribution in [3.05, 3.63) is 45.4 Å². The van der Waals surface area contributed by atoms with Crippen molar-refractivity contribution in [2.75, 3.05) is 36.5 Å². The summed E-state index contributed by atoms with van der Waals surface area (Å²) in [6.07, 6.45) is 1.06. The van der Waals surface area contributed by atoms with Gasteiger partial charge in [-0.25, -0.2) is 4.98 Å². The second-order valence-corrected chi connectivity index (χ2v) is 10.3. The number of hydrogen-bond acceptors (Lipinski definition) is 5. The summed E-state index contributed by atoms with van der Waals surface area (Å²) in [5.74, 6) is 2.43. The van der Waals surface area contributed by atoms with E-state index >= 15 is 0 Å². The van der Waals surface area contributed by atoms with E-state index in [1.807, 2.05) is 30.8 Å². The van der Waals surface area contributed by atoms with Gasteiger partial charge < -0.3 is 10.2 Å². The summed E-state index contributed by atoms with van der Waals surface area (Å²) in [7, 11) is 0. The first-order valence-electron chi connectivity index (χ1n) is 9.51. The summed E-state index contributed by atoms with van der Waals surface area (Å²) in [5, 5.41) is 4.01. The van der Waals surface area contributed by atoms with Gasteiger partial charge in [-0.15, -0.1) is 11.3 Å². The molecule has 2 heterocycles. The average Bonchev–Trinajstić information content (AvgIpc) is 3.04. The topological polar surface area (TPSA) is 45.2 Å². The Bertz CT molecular complexity index is 772. The lowest BCUT2D eigenvalue weighted by atomic mass is 9.98. The number of carbonyl (C=O) groups is 1. The maximum Gasteiger partial charge on any atom is 0.267 e. The molecule has 0 bridgehead atoms. The number of rotatable bonds is 5. The highest BCUT2D eigenvalue weighted by Gasteiger charge is 2.23. The first-order chi connectivity index (χ1) is 12.8. The van der Waals surface area contributed by atoms with Crippen molar-refractivity contribution in [3.8, 4) is 0 Å². The van der Waals surface area contributed by atoms with E-state index in [-0.39, 0.29) is 11.3 Å². The zero-order valence-corrected chi connectivity index (χ0v) is 18.3. The molecule has 0 atom stereocenters. The van der Waals surface area contributed by atoms with Crippen LogP contribution in [0.25, 0.3) is 0 Å². The van der Waals surface area contributed by atoms with Crippen LogP contribution in [0.2, 0.25) is 0 Å².